The highest BCUT2D eigenvalue weighted by Gasteiger charge is 2.55. The molecule has 1 aromatic rings. The Bertz CT molecular complexity index is 961. The molecule has 2 amide bonds. The number of nitrogens with one attached hydrogen (secondary N) is 1. The van der Waals surface area contributed by atoms with Crippen LogP contribution in [0.15, 0.2) is 29.2 Å². The summed E-state index contributed by atoms with van der Waals surface area (Å²) in [6.07, 6.45) is 8.47. The smallest absolute Gasteiger partial charge is 0.238 e. The molecular weight excluding hydrogens is 426 g/mol. The number of benzene rings is 1. The lowest BCUT2D eigenvalue weighted by Crippen LogP contribution is -2.58. The Morgan fingerprint density at radius 3 is 1.97 bits per heavy atom. The van der Waals surface area contributed by atoms with Crippen molar-refractivity contribution in [2.24, 2.45) is 23.2 Å². The number of amides is 2. The minimum absolute atomic E-state index is 0.0908. The molecule has 4 aliphatic carbocycles. The third-order valence-electron chi connectivity index (χ3n) is 8.08. The van der Waals surface area contributed by atoms with Crippen molar-refractivity contribution in [1.82, 2.24) is 9.80 Å². The van der Waals surface area contributed by atoms with Gasteiger partial charge in [-0.1, -0.05) is 0 Å². The van der Waals surface area contributed by atoms with E-state index in [1.165, 1.54) is 31.4 Å². The molecule has 4 bridgehead atoms. The third-order valence-corrected chi connectivity index (χ3v) is 9.21. The number of piperazine rings is 1. The molecule has 0 spiro atoms. The fourth-order valence-corrected chi connectivity index (χ4v) is 7.64. The van der Waals surface area contributed by atoms with Crippen LogP contribution >= 0.6 is 0 Å². The summed E-state index contributed by atoms with van der Waals surface area (Å²) in [6.45, 7) is 3.07. The summed E-state index contributed by atoms with van der Waals surface area (Å²) in [7, 11) is -3.25. The Morgan fingerprint density at radius 2 is 1.47 bits per heavy atom. The van der Waals surface area contributed by atoms with Crippen molar-refractivity contribution in [2.45, 2.75) is 43.4 Å². The molecule has 8 heteroatoms. The van der Waals surface area contributed by atoms with Crippen molar-refractivity contribution in [1.29, 1.82) is 0 Å². The van der Waals surface area contributed by atoms with Crippen LogP contribution in [-0.4, -0.2) is 69.0 Å². The SMILES string of the molecule is CS(=O)(=O)c1ccc(NC(=O)CN2CCN(C(=O)C34CC5CC(CC(C5)C3)C4)CC2)cc1. The maximum Gasteiger partial charge on any atom is 0.238 e. The van der Waals surface area contributed by atoms with Gasteiger partial charge in [0.05, 0.1) is 16.9 Å². The number of anilines is 1. The highest BCUT2D eigenvalue weighted by molar-refractivity contribution is 7.90. The van der Waals surface area contributed by atoms with Gasteiger partial charge in [0.25, 0.3) is 0 Å². The molecule has 1 aliphatic heterocycles. The zero-order valence-corrected chi connectivity index (χ0v) is 19.6. The number of carbonyl (C=O) groups excluding carboxylic acids is 2. The van der Waals surface area contributed by atoms with E-state index in [1.54, 1.807) is 12.1 Å². The summed E-state index contributed by atoms with van der Waals surface area (Å²) in [4.78, 5) is 30.3. The maximum absolute atomic E-state index is 13.5. The first-order valence-electron chi connectivity index (χ1n) is 11.8. The fraction of sp³-hybridized carbons (Fsp3) is 0.667. The first-order valence-corrected chi connectivity index (χ1v) is 13.7. The van der Waals surface area contributed by atoms with E-state index in [4.69, 9.17) is 0 Å². The minimum atomic E-state index is -3.25. The third kappa shape index (κ3) is 4.31. The summed E-state index contributed by atoms with van der Waals surface area (Å²) in [6, 6.07) is 6.21. The highest BCUT2D eigenvalue weighted by atomic mass is 32.2. The summed E-state index contributed by atoms with van der Waals surface area (Å²) in [5, 5.41) is 2.83. The summed E-state index contributed by atoms with van der Waals surface area (Å²) in [5.41, 5.74) is 0.491. The van der Waals surface area contributed by atoms with Crippen LogP contribution in [0.5, 0.6) is 0 Å². The lowest BCUT2D eigenvalue weighted by Gasteiger charge is -2.57. The molecule has 0 atom stereocenters. The predicted molar refractivity (Wildman–Crippen MR) is 122 cm³/mol. The number of hydrogen-bond donors (Lipinski definition) is 1. The summed E-state index contributed by atoms with van der Waals surface area (Å²) in [5.74, 6) is 2.55. The molecule has 174 valence electrons. The van der Waals surface area contributed by atoms with Gasteiger partial charge in [-0.25, -0.2) is 8.42 Å². The van der Waals surface area contributed by atoms with Gasteiger partial charge in [0.1, 0.15) is 0 Å². The van der Waals surface area contributed by atoms with E-state index in [2.05, 4.69) is 15.1 Å². The lowest BCUT2D eigenvalue weighted by atomic mass is 9.49. The molecule has 7 nitrogen and oxygen atoms in total. The Balaban J connectivity index is 1.12. The molecule has 6 rings (SSSR count). The van der Waals surface area contributed by atoms with Crippen LogP contribution < -0.4 is 5.32 Å². The van der Waals surface area contributed by atoms with E-state index in [-0.39, 0.29) is 22.8 Å². The molecule has 1 saturated heterocycles. The van der Waals surface area contributed by atoms with Crippen molar-refractivity contribution in [2.75, 3.05) is 44.3 Å². The zero-order chi connectivity index (χ0) is 22.5. The predicted octanol–water partition coefficient (Wildman–Crippen LogP) is 2.39. The van der Waals surface area contributed by atoms with E-state index in [9.17, 15) is 18.0 Å². The highest BCUT2D eigenvalue weighted by Crippen LogP contribution is 2.60. The van der Waals surface area contributed by atoms with Crippen LogP contribution in [0.1, 0.15) is 38.5 Å². The van der Waals surface area contributed by atoms with E-state index in [0.29, 0.717) is 37.8 Å². The first-order chi connectivity index (χ1) is 15.2. The molecule has 5 aliphatic rings. The van der Waals surface area contributed by atoms with Gasteiger partial charge < -0.3 is 10.2 Å². The molecule has 32 heavy (non-hydrogen) atoms. The zero-order valence-electron chi connectivity index (χ0n) is 18.8. The number of hydrogen-bond acceptors (Lipinski definition) is 5. The molecule has 0 radical (unpaired) electrons. The Labute approximate surface area is 190 Å². The Hall–Kier alpha value is -1.93. The first kappa shape index (κ1) is 21.9. The standard InChI is InChI=1S/C24H33N3O4S/c1-32(30,31)21-4-2-20(3-5-21)25-22(28)16-26-6-8-27(9-7-26)23(29)24-13-17-10-18(14-24)12-19(11-17)15-24/h2-5,17-19H,6-16H2,1H3,(H,25,28). The van der Waals surface area contributed by atoms with Crippen molar-refractivity contribution in [3.05, 3.63) is 24.3 Å². The lowest BCUT2D eigenvalue weighted by molar-refractivity contribution is -0.159. The van der Waals surface area contributed by atoms with Gasteiger partial charge >= 0.3 is 0 Å². The molecule has 1 heterocycles. The van der Waals surface area contributed by atoms with Crippen molar-refractivity contribution in [3.63, 3.8) is 0 Å². The van der Waals surface area contributed by atoms with E-state index < -0.39 is 9.84 Å². The molecule has 4 saturated carbocycles. The average molecular weight is 460 g/mol. The molecule has 1 aromatic carbocycles. The Kier molecular flexibility index (Phi) is 5.56. The average Bonchev–Trinajstić information content (AvgIpc) is 2.72. The van der Waals surface area contributed by atoms with Gasteiger partial charge in [0.15, 0.2) is 9.84 Å². The van der Waals surface area contributed by atoms with Gasteiger partial charge in [-0.05, 0) is 80.5 Å². The second kappa shape index (κ2) is 8.13. The van der Waals surface area contributed by atoms with Crippen molar-refractivity contribution >= 4 is 27.3 Å². The van der Waals surface area contributed by atoms with Crippen molar-refractivity contribution < 1.29 is 18.0 Å². The maximum atomic E-state index is 13.5. The topological polar surface area (TPSA) is 86.8 Å². The second-order valence-electron chi connectivity index (χ2n) is 10.6. The minimum Gasteiger partial charge on any atom is -0.340 e. The fourth-order valence-electron chi connectivity index (χ4n) is 7.01. The summed E-state index contributed by atoms with van der Waals surface area (Å²) >= 11 is 0. The number of sulfone groups is 1. The van der Waals surface area contributed by atoms with Crippen LogP contribution in [0, 0.1) is 23.2 Å². The normalized spacial score (nSPS) is 32.2. The van der Waals surface area contributed by atoms with Crippen LogP contribution in [0.2, 0.25) is 0 Å². The largest absolute Gasteiger partial charge is 0.340 e. The molecule has 0 aromatic heterocycles. The van der Waals surface area contributed by atoms with Gasteiger partial charge in [0.2, 0.25) is 11.8 Å². The number of rotatable bonds is 5. The quantitative estimate of drug-likeness (QED) is 0.731. The molecule has 0 unspecified atom stereocenters. The number of nitrogens with zero attached hydrogens (tertiary/aromatic N) is 2. The van der Waals surface area contributed by atoms with Crippen LogP contribution in [0.25, 0.3) is 0 Å². The monoisotopic (exact) mass is 459 g/mol. The Morgan fingerprint density at radius 1 is 0.938 bits per heavy atom. The van der Waals surface area contributed by atoms with Gasteiger partial charge in [-0.15, -0.1) is 0 Å². The van der Waals surface area contributed by atoms with Crippen LogP contribution in [0.3, 0.4) is 0 Å². The van der Waals surface area contributed by atoms with Crippen LogP contribution in [0.4, 0.5) is 5.69 Å². The van der Waals surface area contributed by atoms with E-state index in [1.807, 2.05) is 0 Å². The number of carbonyl (C=O) groups is 2. The second-order valence-corrected chi connectivity index (χ2v) is 12.6. The molecule has 5 fully saturated rings. The van der Waals surface area contributed by atoms with Gasteiger partial charge in [-0.3, -0.25) is 14.5 Å². The van der Waals surface area contributed by atoms with Crippen molar-refractivity contribution in [3.8, 4) is 0 Å². The summed E-state index contributed by atoms with van der Waals surface area (Å²) < 4.78 is 23.1. The van der Waals surface area contributed by atoms with Gasteiger partial charge in [-0.2, -0.15) is 0 Å². The van der Waals surface area contributed by atoms with Crippen LogP contribution in [-0.2, 0) is 19.4 Å². The molecular formula is C24H33N3O4S. The molecule has 1 N–H and O–H groups in total. The van der Waals surface area contributed by atoms with Gasteiger partial charge in [0, 0.05) is 38.1 Å². The van der Waals surface area contributed by atoms with E-state index in [0.717, 1.165) is 43.3 Å². The van der Waals surface area contributed by atoms with E-state index >= 15 is 0 Å².